The van der Waals surface area contributed by atoms with Gasteiger partial charge in [0.25, 0.3) is 0 Å². The number of nitriles is 1. The van der Waals surface area contributed by atoms with E-state index in [1.807, 2.05) is 6.07 Å². The summed E-state index contributed by atoms with van der Waals surface area (Å²) in [5.41, 5.74) is 0.998. The van der Waals surface area contributed by atoms with E-state index in [1.54, 1.807) is 13.0 Å². The molecule has 0 fully saturated rings. The van der Waals surface area contributed by atoms with Crippen molar-refractivity contribution in [3.63, 3.8) is 0 Å². The molecule has 1 N–H and O–H groups in total. The quantitative estimate of drug-likeness (QED) is 0.575. The Morgan fingerprint density at radius 1 is 1.70 bits per heavy atom. The van der Waals surface area contributed by atoms with Gasteiger partial charge in [0, 0.05) is 11.8 Å². The summed E-state index contributed by atoms with van der Waals surface area (Å²) in [6.45, 7) is 1.65. The molecule has 50 valence electrons. The van der Waals surface area contributed by atoms with Gasteiger partial charge in [-0.1, -0.05) is 0 Å². The summed E-state index contributed by atoms with van der Waals surface area (Å²) in [5.74, 6) is -0.0703. The number of aromatic nitrogens is 1. The molecular weight excluding hydrogens is 128 g/mol. The monoisotopic (exact) mass is 134 g/mol. The van der Waals surface area contributed by atoms with Crippen molar-refractivity contribution in [3.8, 4) is 11.9 Å². The summed E-state index contributed by atoms with van der Waals surface area (Å²) < 4.78 is 0. The van der Waals surface area contributed by atoms with Crippen molar-refractivity contribution in [2.45, 2.75) is 6.92 Å². The van der Waals surface area contributed by atoms with Crippen LogP contribution in [0.5, 0.6) is 5.88 Å². The van der Waals surface area contributed by atoms with E-state index in [1.165, 1.54) is 6.20 Å². The van der Waals surface area contributed by atoms with Gasteiger partial charge in [0.2, 0.25) is 5.88 Å². The third kappa shape index (κ3) is 0.914. The highest BCUT2D eigenvalue weighted by atomic mass is 16.3. The highest BCUT2D eigenvalue weighted by Gasteiger charge is 2.00. The molecule has 0 saturated heterocycles. The molecule has 0 aliphatic heterocycles. The van der Waals surface area contributed by atoms with E-state index < -0.39 is 0 Å². The van der Waals surface area contributed by atoms with Gasteiger partial charge in [-0.2, -0.15) is 5.26 Å². The van der Waals surface area contributed by atoms with Crippen LogP contribution in [0.1, 0.15) is 11.1 Å². The van der Waals surface area contributed by atoms with Crippen LogP contribution in [-0.2, 0) is 0 Å². The maximum atomic E-state index is 8.97. The first kappa shape index (κ1) is 6.56. The Bertz CT molecular complexity index is 288. The van der Waals surface area contributed by atoms with E-state index in [2.05, 4.69) is 4.98 Å². The highest BCUT2D eigenvalue weighted by molar-refractivity contribution is 5.40. The van der Waals surface area contributed by atoms with Crippen molar-refractivity contribution >= 4 is 0 Å². The van der Waals surface area contributed by atoms with E-state index >= 15 is 0 Å². The van der Waals surface area contributed by atoms with E-state index in [0.717, 1.165) is 0 Å². The fourth-order valence-electron chi connectivity index (χ4n) is 0.646. The predicted molar refractivity (Wildman–Crippen MR) is 35.4 cm³/mol. The van der Waals surface area contributed by atoms with Crippen LogP contribution >= 0.6 is 0 Å². The molecule has 0 aliphatic carbocycles. The zero-order valence-corrected chi connectivity index (χ0v) is 5.50. The van der Waals surface area contributed by atoms with Crippen LogP contribution in [0.15, 0.2) is 12.3 Å². The SMILES string of the molecule is Cc1c(C#N)ccnc1O. The maximum Gasteiger partial charge on any atom is 0.215 e. The standard InChI is InChI=1S/C7H6N2O/c1-5-6(4-8)2-3-9-7(5)10/h2-3H,1H3,(H,9,10). The first-order valence-corrected chi connectivity index (χ1v) is 2.80. The summed E-state index contributed by atoms with van der Waals surface area (Å²) in [6, 6.07) is 3.50. The van der Waals surface area contributed by atoms with Gasteiger partial charge >= 0.3 is 0 Å². The zero-order valence-electron chi connectivity index (χ0n) is 5.50. The Balaban J connectivity index is 3.31. The van der Waals surface area contributed by atoms with Crippen LogP contribution < -0.4 is 0 Å². The number of hydrogen-bond acceptors (Lipinski definition) is 3. The molecule has 0 bridgehead atoms. The van der Waals surface area contributed by atoms with Crippen molar-refractivity contribution in [2.24, 2.45) is 0 Å². The van der Waals surface area contributed by atoms with Gasteiger partial charge < -0.3 is 5.11 Å². The second kappa shape index (κ2) is 2.36. The van der Waals surface area contributed by atoms with E-state index in [0.29, 0.717) is 11.1 Å². The van der Waals surface area contributed by atoms with Crippen molar-refractivity contribution in [1.29, 1.82) is 5.26 Å². The van der Waals surface area contributed by atoms with Crippen LogP contribution in [0.4, 0.5) is 0 Å². The summed E-state index contributed by atoms with van der Waals surface area (Å²) in [5, 5.41) is 17.4. The molecule has 1 aromatic rings. The van der Waals surface area contributed by atoms with Gasteiger partial charge in [-0.25, -0.2) is 4.98 Å². The largest absolute Gasteiger partial charge is 0.493 e. The molecule has 0 aromatic carbocycles. The van der Waals surface area contributed by atoms with E-state index in [9.17, 15) is 0 Å². The van der Waals surface area contributed by atoms with Crippen LogP contribution in [0, 0.1) is 18.3 Å². The molecule has 10 heavy (non-hydrogen) atoms. The number of rotatable bonds is 0. The molecule has 0 radical (unpaired) electrons. The molecule has 0 amide bonds. The molecular formula is C7H6N2O. The molecule has 3 heteroatoms. The molecule has 1 rings (SSSR count). The third-order valence-electron chi connectivity index (χ3n) is 1.30. The van der Waals surface area contributed by atoms with E-state index in [-0.39, 0.29) is 5.88 Å². The summed E-state index contributed by atoms with van der Waals surface area (Å²) in [7, 11) is 0. The number of hydrogen-bond donors (Lipinski definition) is 1. The van der Waals surface area contributed by atoms with Crippen molar-refractivity contribution in [3.05, 3.63) is 23.4 Å². The Labute approximate surface area is 58.6 Å². The minimum Gasteiger partial charge on any atom is -0.493 e. The van der Waals surface area contributed by atoms with Crippen molar-refractivity contribution in [1.82, 2.24) is 4.98 Å². The van der Waals surface area contributed by atoms with Crippen LogP contribution in [0.2, 0.25) is 0 Å². The zero-order chi connectivity index (χ0) is 7.56. The molecule has 1 heterocycles. The second-order valence-corrected chi connectivity index (χ2v) is 1.92. The predicted octanol–water partition coefficient (Wildman–Crippen LogP) is 0.967. The fraction of sp³-hybridized carbons (Fsp3) is 0.143. The fourth-order valence-corrected chi connectivity index (χ4v) is 0.646. The normalized spacial score (nSPS) is 8.80. The Morgan fingerprint density at radius 3 is 2.90 bits per heavy atom. The minimum atomic E-state index is -0.0703. The lowest BCUT2D eigenvalue weighted by molar-refractivity contribution is 0.449. The summed E-state index contributed by atoms with van der Waals surface area (Å²) >= 11 is 0. The molecule has 1 aromatic heterocycles. The molecule has 0 aliphatic rings. The van der Waals surface area contributed by atoms with Crippen LogP contribution in [0.25, 0.3) is 0 Å². The van der Waals surface area contributed by atoms with Crippen LogP contribution in [-0.4, -0.2) is 10.1 Å². The highest BCUT2D eigenvalue weighted by Crippen LogP contribution is 2.14. The van der Waals surface area contributed by atoms with Gasteiger partial charge in [-0.05, 0) is 13.0 Å². The maximum absolute atomic E-state index is 8.97. The summed E-state index contributed by atoms with van der Waals surface area (Å²) in [6.07, 6.45) is 1.40. The average Bonchev–Trinajstić information content (AvgIpc) is 1.95. The van der Waals surface area contributed by atoms with Gasteiger partial charge in [0.05, 0.1) is 11.6 Å². The minimum absolute atomic E-state index is 0.0703. The molecule has 3 nitrogen and oxygen atoms in total. The number of nitrogens with zero attached hydrogens (tertiary/aromatic N) is 2. The first-order chi connectivity index (χ1) is 4.75. The lowest BCUT2D eigenvalue weighted by Crippen LogP contribution is -1.84. The van der Waals surface area contributed by atoms with Gasteiger partial charge in [-0.15, -0.1) is 0 Å². The summed E-state index contributed by atoms with van der Waals surface area (Å²) in [4.78, 5) is 3.59. The Hall–Kier alpha value is -1.56. The average molecular weight is 134 g/mol. The molecule has 0 unspecified atom stereocenters. The first-order valence-electron chi connectivity index (χ1n) is 2.80. The van der Waals surface area contributed by atoms with Gasteiger partial charge in [-0.3, -0.25) is 0 Å². The van der Waals surface area contributed by atoms with Crippen LogP contribution in [0.3, 0.4) is 0 Å². The topological polar surface area (TPSA) is 56.9 Å². The number of aromatic hydroxyl groups is 1. The third-order valence-corrected chi connectivity index (χ3v) is 1.30. The second-order valence-electron chi connectivity index (χ2n) is 1.92. The lowest BCUT2D eigenvalue weighted by atomic mass is 10.2. The molecule has 0 spiro atoms. The van der Waals surface area contributed by atoms with Crippen molar-refractivity contribution in [2.75, 3.05) is 0 Å². The number of pyridine rings is 1. The molecule has 0 atom stereocenters. The van der Waals surface area contributed by atoms with Gasteiger partial charge in [0.15, 0.2) is 0 Å². The Kier molecular flexibility index (Phi) is 1.55. The van der Waals surface area contributed by atoms with Crippen molar-refractivity contribution < 1.29 is 5.11 Å². The molecule has 0 saturated carbocycles. The van der Waals surface area contributed by atoms with Gasteiger partial charge in [0.1, 0.15) is 0 Å². The lowest BCUT2D eigenvalue weighted by Gasteiger charge is -1.96. The Morgan fingerprint density at radius 2 is 2.40 bits per heavy atom. The smallest absolute Gasteiger partial charge is 0.215 e. The van der Waals surface area contributed by atoms with E-state index in [4.69, 9.17) is 10.4 Å².